The van der Waals surface area contributed by atoms with Crippen LogP contribution in [0.25, 0.3) is 5.69 Å². The molecule has 1 amide bonds. The van der Waals surface area contributed by atoms with E-state index in [0.717, 1.165) is 16.3 Å². The second kappa shape index (κ2) is 7.68. The zero-order chi connectivity index (χ0) is 17.8. The lowest BCUT2D eigenvalue weighted by atomic mass is 10.2. The monoisotopic (exact) mass is 371 g/mol. The fourth-order valence-electron chi connectivity index (χ4n) is 2.62. The van der Waals surface area contributed by atoms with Crippen LogP contribution in [0.3, 0.4) is 0 Å². The zero-order valence-electron chi connectivity index (χ0n) is 13.9. The average molecular weight is 372 g/mol. The number of rotatable bonds is 6. The predicted octanol–water partition coefficient (Wildman–Crippen LogP) is 4.72. The Morgan fingerprint density at radius 1 is 1.32 bits per heavy atom. The van der Waals surface area contributed by atoms with Crippen LogP contribution >= 0.6 is 22.9 Å². The molecule has 0 radical (unpaired) electrons. The summed E-state index contributed by atoms with van der Waals surface area (Å²) in [7, 11) is 0. The average Bonchev–Trinajstić information content (AvgIpc) is 3.20. The van der Waals surface area contributed by atoms with Gasteiger partial charge in [0, 0.05) is 11.4 Å². The topological polar surface area (TPSA) is 38.1 Å². The highest BCUT2D eigenvalue weighted by Crippen LogP contribution is 2.24. The van der Waals surface area contributed by atoms with Crippen LogP contribution in [-0.4, -0.2) is 27.1 Å². The number of halogens is 1. The molecule has 2 heterocycles. The minimum atomic E-state index is -0.0656. The molecule has 0 aliphatic carbocycles. The van der Waals surface area contributed by atoms with Crippen molar-refractivity contribution in [2.75, 3.05) is 6.54 Å². The minimum Gasteiger partial charge on any atom is -0.330 e. The molecule has 1 aromatic carbocycles. The largest absolute Gasteiger partial charge is 0.330 e. The van der Waals surface area contributed by atoms with Crippen molar-refractivity contribution < 1.29 is 4.79 Å². The third-order valence-electron chi connectivity index (χ3n) is 3.85. The summed E-state index contributed by atoms with van der Waals surface area (Å²) in [6.45, 7) is 6.63. The van der Waals surface area contributed by atoms with Gasteiger partial charge in [-0.15, -0.1) is 17.9 Å². The van der Waals surface area contributed by atoms with Crippen molar-refractivity contribution in [3.8, 4) is 5.69 Å². The van der Waals surface area contributed by atoms with E-state index in [-0.39, 0.29) is 5.91 Å². The van der Waals surface area contributed by atoms with Gasteiger partial charge in [-0.3, -0.25) is 4.79 Å². The first-order valence-electron chi connectivity index (χ1n) is 7.84. The molecule has 0 unspecified atom stereocenters. The molecule has 25 heavy (non-hydrogen) atoms. The van der Waals surface area contributed by atoms with Crippen LogP contribution in [0.5, 0.6) is 0 Å². The number of amides is 1. The number of carbonyl (C=O) groups is 1. The highest BCUT2D eigenvalue weighted by molar-refractivity contribution is 7.16. The summed E-state index contributed by atoms with van der Waals surface area (Å²) >= 11 is 7.47. The second-order valence-electron chi connectivity index (χ2n) is 5.57. The lowest BCUT2D eigenvalue weighted by molar-refractivity contribution is 0.0763. The van der Waals surface area contributed by atoms with E-state index in [1.54, 1.807) is 21.9 Å². The molecule has 3 aromatic rings. The Morgan fingerprint density at radius 2 is 2.08 bits per heavy atom. The molecular weight excluding hydrogens is 354 g/mol. The predicted molar refractivity (Wildman–Crippen MR) is 103 cm³/mol. The Hall–Kier alpha value is -2.37. The maximum Gasteiger partial charge on any atom is 0.257 e. The summed E-state index contributed by atoms with van der Waals surface area (Å²) in [6, 6.07) is 13.6. The number of hydrogen-bond donors (Lipinski definition) is 0. The van der Waals surface area contributed by atoms with Gasteiger partial charge in [0.25, 0.3) is 5.91 Å². The number of thiophene rings is 1. The lowest BCUT2D eigenvalue weighted by Crippen LogP contribution is -2.30. The Balaban J connectivity index is 1.87. The standard InChI is InChI=1S/C19H18ClN3OS/c1-3-11-22(13-16-9-10-18(20)25-16)19(24)17-12-21-23(14(17)2)15-7-5-4-6-8-15/h3-10,12H,1,11,13H2,2H3. The summed E-state index contributed by atoms with van der Waals surface area (Å²) in [5, 5.41) is 4.39. The molecule has 4 nitrogen and oxygen atoms in total. The number of aromatic nitrogens is 2. The molecule has 3 rings (SSSR count). The van der Waals surface area contributed by atoms with Crippen LogP contribution in [0.1, 0.15) is 20.9 Å². The second-order valence-corrected chi connectivity index (χ2v) is 7.37. The van der Waals surface area contributed by atoms with Crippen molar-refractivity contribution in [2.24, 2.45) is 0 Å². The van der Waals surface area contributed by atoms with Crippen LogP contribution in [0, 0.1) is 6.92 Å². The van der Waals surface area contributed by atoms with Gasteiger partial charge in [0.05, 0.1) is 34.0 Å². The van der Waals surface area contributed by atoms with Crippen molar-refractivity contribution in [3.63, 3.8) is 0 Å². The molecule has 0 aliphatic heterocycles. The van der Waals surface area contributed by atoms with E-state index in [1.807, 2.05) is 49.4 Å². The van der Waals surface area contributed by atoms with Crippen LogP contribution in [-0.2, 0) is 6.54 Å². The Kier molecular flexibility index (Phi) is 5.36. The molecule has 0 saturated carbocycles. The summed E-state index contributed by atoms with van der Waals surface area (Å²) < 4.78 is 2.50. The number of hydrogen-bond acceptors (Lipinski definition) is 3. The van der Waals surface area contributed by atoms with E-state index >= 15 is 0 Å². The van der Waals surface area contributed by atoms with Crippen molar-refractivity contribution >= 4 is 28.8 Å². The van der Waals surface area contributed by atoms with E-state index in [0.29, 0.717) is 23.0 Å². The van der Waals surface area contributed by atoms with E-state index in [2.05, 4.69) is 11.7 Å². The van der Waals surface area contributed by atoms with Gasteiger partial charge in [-0.1, -0.05) is 35.9 Å². The minimum absolute atomic E-state index is 0.0656. The van der Waals surface area contributed by atoms with Crippen LogP contribution in [0.15, 0.2) is 61.3 Å². The first-order chi connectivity index (χ1) is 12.1. The third kappa shape index (κ3) is 3.83. The molecule has 6 heteroatoms. The van der Waals surface area contributed by atoms with Crippen LogP contribution in [0.2, 0.25) is 4.34 Å². The Bertz CT molecular complexity index is 885. The van der Waals surface area contributed by atoms with Crippen molar-refractivity contribution in [3.05, 3.63) is 81.8 Å². The molecule has 0 aliphatic rings. The molecule has 0 spiro atoms. The number of benzene rings is 1. The molecule has 0 atom stereocenters. The van der Waals surface area contributed by atoms with Gasteiger partial charge in [0.2, 0.25) is 0 Å². The van der Waals surface area contributed by atoms with Gasteiger partial charge in [-0.05, 0) is 31.2 Å². The van der Waals surface area contributed by atoms with E-state index in [9.17, 15) is 4.79 Å². The maximum absolute atomic E-state index is 13.0. The smallest absolute Gasteiger partial charge is 0.257 e. The van der Waals surface area contributed by atoms with Gasteiger partial charge in [0.1, 0.15) is 0 Å². The van der Waals surface area contributed by atoms with Gasteiger partial charge in [0.15, 0.2) is 0 Å². The van der Waals surface area contributed by atoms with Gasteiger partial charge in [-0.25, -0.2) is 4.68 Å². The van der Waals surface area contributed by atoms with Crippen LogP contribution < -0.4 is 0 Å². The highest BCUT2D eigenvalue weighted by atomic mass is 35.5. The third-order valence-corrected chi connectivity index (χ3v) is 5.07. The molecule has 0 bridgehead atoms. The van der Waals surface area contributed by atoms with Crippen molar-refractivity contribution in [1.29, 1.82) is 0 Å². The van der Waals surface area contributed by atoms with Crippen molar-refractivity contribution in [2.45, 2.75) is 13.5 Å². The Morgan fingerprint density at radius 3 is 2.72 bits per heavy atom. The molecular formula is C19H18ClN3OS. The molecule has 128 valence electrons. The highest BCUT2D eigenvalue weighted by Gasteiger charge is 2.21. The number of nitrogens with zero attached hydrogens (tertiary/aromatic N) is 3. The molecule has 2 aromatic heterocycles. The summed E-state index contributed by atoms with van der Waals surface area (Å²) in [5.74, 6) is -0.0656. The SMILES string of the molecule is C=CCN(Cc1ccc(Cl)s1)C(=O)c1cnn(-c2ccccc2)c1C. The quantitative estimate of drug-likeness (QED) is 0.588. The summed E-state index contributed by atoms with van der Waals surface area (Å²) in [5.41, 5.74) is 2.34. The summed E-state index contributed by atoms with van der Waals surface area (Å²) in [6.07, 6.45) is 3.35. The maximum atomic E-state index is 13.0. The van der Waals surface area contributed by atoms with E-state index in [1.165, 1.54) is 11.3 Å². The van der Waals surface area contributed by atoms with Crippen LogP contribution in [0.4, 0.5) is 0 Å². The fourth-order valence-corrected chi connectivity index (χ4v) is 3.72. The first-order valence-corrected chi connectivity index (χ1v) is 9.04. The van der Waals surface area contributed by atoms with Gasteiger partial charge >= 0.3 is 0 Å². The van der Waals surface area contributed by atoms with E-state index < -0.39 is 0 Å². The fraction of sp³-hybridized carbons (Fsp3) is 0.158. The molecule has 0 N–H and O–H groups in total. The number of carbonyl (C=O) groups excluding carboxylic acids is 1. The van der Waals surface area contributed by atoms with Gasteiger partial charge < -0.3 is 4.90 Å². The Labute approximate surface area is 156 Å². The van der Waals surface area contributed by atoms with Crippen molar-refractivity contribution in [1.82, 2.24) is 14.7 Å². The van der Waals surface area contributed by atoms with Gasteiger partial charge in [-0.2, -0.15) is 5.10 Å². The summed E-state index contributed by atoms with van der Waals surface area (Å²) in [4.78, 5) is 15.8. The number of para-hydroxylation sites is 1. The lowest BCUT2D eigenvalue weighted by Gasteiger charge is -2.20. The van der Waals surface area contributed by atoms with E-state index in [4.69, 9.17) is 11.6 Å². The zero-order valence-corrected chi connectivity index (χ0v) is 15.4. The normalized spacial score (nSPS) is 10.6. The molecule has 0 saturated heterocycles. The first kappa shape index (κ1) is 17.5. The molecule has 0 fully saturated rings.